The molecule has 1 aliphatic heterocycles. The summed E-state index contributed by atoms with van der Waals surface area (Å²) in [5.41, 5.74) is 5.68. The summed E-state index contributed by atoms with van der Waals surface area (Å²) in [6.45, 7) is 5.33. The Kier molecular flexibility index (Phi) is 4.24. The fourth-order valence-corrected chi connectivity index (χ4v) is 2.65. The number of nitrogens with zero attached hydrogens (tertiary/aromatic N) is 4. The van der Waals surface area contributed by atoms with Gasteiger partial charge in [0.1, 0.15) is 11.0 Å². The molecule has 0 bridgehead atoms. The molecule has 6 heteroatoms. The predicted octanol–water partition coefficient (Wildman–Crippen LogP) is 1.63. The van der Waals surface area contributed by atoms with Gasteiger partial charge in [0.15, 0.2) is 0 Å². The van der Waals surface area contributed by atoms with E-state index in [1.165, 1.54) is 0 Å². The van der Waals surface area contributed by atoms with Crippen LogP contribution in [0.25, 0.3) is 0 Å². The Balaban J connectivity index is 2.28. The third kappa shape index (κ3) is 3.03. The lowest BCUT2D eigenvalue weighted by atomic mass is 10.2. The lowest BCUT2D eigenvalue weighted by Crippen LogP contribution is -2.40. The van der Waals surface area contributed by atoms with E-state index in [4.69, 9.17) is 17.3 Å². The number of aromatic nitrogens is 2. The Bertz CT molecular complexity index is 391. The van der Waals surface area contributed by atoms with Crippen LogP contribution in [0.15, 0.2) is 6.07 Å². The van der Waals surface area contributed by atoms with E-state index in [1.54, 1.807) is 6.07 Å². The lowest BCUT2D eigenvalue weighted by Gasteiger charge is -2.31. The van der Waals surface area contributed by atoms with Crippen molar-refractivity contribution in [2.75, 3.05) is 37.3 Å². The average molecular weight is 270 g/mol. The number of nitrogen functional groups attached to an aromatic ring is 1. The van der Waals surface area contributed by atoms with E-state index < -0.39 is 0 Å². The smallest absolute Gasteiger partial charge is 0.223 e. The van der Waals surface area contributed by atoms with Crippen molar-refractivity contribution in [2.45, 2.75) is 25.8 Å². The van der Waals surface area contributed by atoms with Gasteiger partial charge in [0.2, 0.25) is 5.95 Å². The van der Waals surface area contributed by atoms with Crippen molar-refractivity contribution >= 4 is 23.4 Å². The highest BCUT2D eigenvalue weighted by Crippen LogP contribution is 2.22. The van der Waals surface area contributed by atoms with E-state index in [0.29, 0.717) is 11.2 Å². The van der Waals surface area contributed by atoms with Crippen molar-refractivity contribution in [3.8, 4) is 0 Å². The van der Waals surface area contributed by atoms with Crippen molar-refractivity contribution in [2.24, 2.45) is 0 Å². The predicted molar refractivity (Wildman–Crippen MR) is 75.0 cm³/mol. The molecule has 1 aliphatic rings. The molecule has 2 heterocycles. The van der Waals surface area contributed by atoms with E-state index >= 15 is 0 Å². The van der Waals surface area contributed by atoms with E-state index in [9.17, 15) is 0 Å². The fraction of sp³-hybridized carbons (Fsp3) is 0.667. The monoisotopic (exact) mass is 269 g/mol. The Morgan fingerprint density at radius 3 is 2.89 bits per heavy atom. The van der Waals surface area contributed by atoms with Crippen LogP contribution in [0, 0.1) is 0 Å². The van der Waals surface area contributed by atoms with Crippen LogP contribution in [0.2, 0.25) is 5.15 Å². The lowest BCUT2D eigenvalue weighted by molar-refractivity contribution is 0.327. The highest BCUT2D eigenvalue weighted by atomic mass is 35.5. The summed E-state index contributed by atoms with van der Waals surface area (Å²) in [5.74, 6) is 1.08. The summed E-state index contributed by atoms with van der Waals surface area (Å²) in [7, 11) is 2.16. The molecule has 1 aromatic heterocycles. The number of anilines is 2. The number of rotatable bonds is 2. The number of halogens is 1. The molecule has 100 valence electrons. The van der Waals surface area contributed by atoms with Crippen molar-refractivity contribution < 1.29 is 0 Å². The van der Waals surface area contributed by atoms with E-state index in [0.717, 1.165) is 38.3 Å². The summed E-state index contributed by atoms with van der Waals surface area (Å²) in [6, 6.07) is 2.24. The van der Waals surface area contributed by atoms with Gasteiger partial charge in [-0.15, -0.1) is 0 Å². The second-order valence-corrected chi connectivity index (χ2v) is 5.17. The normalized spacial score (nSPS) is 21.9. The summed E-state index contributed by atoms with van der Waals surface area (Å²) in [5, 5.41) is 0.407. The molecular formula is C12H20ClN5. The molecule has 0 aromatic carbocycles. The molecule has 5 nitrogen and oxygen atoms in total. The molecule has 18 heavy (non-hydrogen) atoms. The molecule has 0 spiro atoms. The highest BCUT2D eigenvalue weighted by molar-refractivity contribution is 6.29. The van der Waals surface area contributed by atoms with E-state index in [2.05, 4.69) is 33.7 Å². The molecule has 0 saturated carbocycles. The van der Waals surface area contributed by atoms with Gasteiger partial charge in [0.05, 0.1) is 0 Å². The number of hydrogen-bond donors (Lipinski definition) is 1. The van der Waals surface area contributed by atoms with Crippen LogP contribution in [-0.4, -0.2) is 47.6 Å². The topological polar surface area (TPSA) is 58.3 Å². The summed E-state index contributed by atoms with van der Waals surface area (Å²) >= 11 is 5.96. The first-order chi connectivity index (χ1) is 8.60. The standard InChI is InChI=1S/C12H20ClN5/c1-3-9-8-17(2)5-4-6-18(9)11-7-10(13)15-12(14)16-11/h7,9H,3-6,8H2,1-2H3,(H2,14,15,16). The maximum absolute atomic E-state index is 5.96. The van der Waals surface area contributed by atoms with Crippen LogP contribution >= 0.6 is 11.6 Å². The molecule has 1 saturated heterocycles. The minimum absolute atomic E-state index is 0.241. The quantitative estimate of drug-likeness (QED) is 0.827. The van der Waals surface area contributed by atoms with Crippen molar-refractivity contribution in [1.82, 2.24) is 14.9 Å². The molecule has 1 unspecified atom stereocenters. The summed E-state index contributed by atoms with van der Waals surface area (Å²) in [4.78, 5) is 12.9. The molecule has 0 radical (unpaired) electrons. The summed E-state index contributed by atoms with van der Waals surface area (Å²) in [6.07, 6.45) is 2.19. The first kappa shape index (κ1) is 13.4. The molecule has 1 aromatic rings. The average Bonchev–Trinajstić information content (AvgIpc) is 2.49. The minimum atomic E-state index is 0.241. The molecule has 2 rings (SSSR count). The zero-order valence-electron chi connectivity index (χ0n) is 10.9. The van der Waals surface area contributed by atoms with Gasteiger partial charge in [-0.2, -0.15) is 4.98 Å². The Morgan fingerprint density at radius 1 is 1.44 bits per heavy atom. The third-order valence-electron chi connectivity index (χ3n) is 3.37. The molecule has 0 amide bonds. The minimum Gasteiger partial charge on any atom is -0.368 e. The van der Waals surface area contributed by atoms with Crippen LogP contribution < -0.4 is 10.6 Å². The van der Waals surface area contributed by atoms with Crippen LogP contribution in [0.1, 0.15) is 19.8 Å². The molecule has 2 N–H and O–H groups in total. The molecule has 1 atom stereocenters. The van der Waals surface area contributed by atoms with Crippen LogP contribution in [0.5, 0.6) is 0 Å². The van der Waals surface area contributed by atoms with Crippen molar-refractivity contribution in [3.05, 3.63) is 11.2 Å². The van der Waals surface area contributed by atoms with Gasteiger partial charge < -0.3 is 15.5 Å². The number of nitrogens with two attached hydrogens (primary N) is 1. The molecule has 0 aliphatic carbocycles. The van der Waals surface area contributed by atoms with Gasteiger partial charge in [-0.25, -0.2) is 4.98 Å². The molecule has 1 fully saturated rings. The second kappa shape index (κ2) is 5.71. The Hall–Kier alpha value is -1.07. The van der Waals surface area contributed by atoms with E-state index in [1.807, 2.05) is 0 Å². The van der Waals surface area contributed by atoms with Crippen LogP contribution in [0.3, 0.4) is 0 Å². The van der Waals surface area contributed by atoms with Crippen LogP contribution in [-0.2, 0) is 0 Å². The Labute approximate surface area is 113 Å². The first-order valence-electron chi connectivity index (χ1n) is 6.35. The zero-order valence-corrected chi connectivity index (χ0v) is 11.7. The van der Waals surface area contributed by atoms with Gasteiger partial charge in [-0.1, -0.05) is 18.5 Å². The Morgan fingerprint density at radius 2 is 2.22 bits per heavy atom. The van der Waals surface area contributed by atoms with Gasteiger partial charge in [0, 0.05) is 25.2 Å². The van der Waals surface area contributed by atoms with Crippen LogP contribution in [0.4, 0.5) is 11.8 Å². The third-order valence-corrected chi connectivity index (χ3v) is 3.56. The van der Waals surface area contributed by atoms with Gasteiger partial charge in [-0.3, -0.25) is 0 Å². The second-order valence-electron chi connectivity index (χ2n) is 4.78. The maximum atomic E-state index is 5.96. The summed E-state index contributed by atoms with van der Waals surface area (Å²) < 4.78 is 0. The fourth-order valence-electron chi connectivity index (χ4n) is 2.46. The number of likely N-dealkylation sites (N-methyl/N-ethyl adjacent to an activating group) is 1. The zero-order chi connectivity index (χ0) is 13.1. The first-order valence-corrected chi connectivity index (χ1v) is 6.73. The van der Waals surface area contributed by atoms with Gasteiger partial charge in [0.25, 0.3) is 0 Å². The van der Waals surface area contributed by atoms with Gasteiger partial charge in [-0.05, 0) is 26.4 Å². The van der Waals surface area contributed by atoms with Gasteiger partial charge >= 0.3 is 0 Å². The van der Waals surface area contributed by atoms with Crippen molar-refractivity contribution in [1.29, 1.82) is 0 Å². The molecular weight excluding hydrogens is 250 g/mol. The number of hydrogen-bond acceptors (Lipinski definition) is 5. The van der Waals surface area contributed by atoms with E-state index in [-0.39, 0.29) is 5.95 Å². The van der Waals surface area contributed by atoms with Crippen molar-refractivity contribution in [3.63, 3.8) is 0 Å². The largest absolute Gasteiger partial charge is 0.368 e. The SMILES string of the molecule is CCC1CN(C)CCCN1c1cc(Cl)nc(N)n1. The maximum Gasteiger partial charge on any atom is 0.223 e. The highest BCUT2D eigenvalue weighted by Gasteiger charge is 2.23.